The monoisotopic (exact) mass is 429 g/mol. The summed E-state index contributed by atoms with van der Waals surface area (Å²) in [6.07, 6.45) is 4.21. The normalized spacial score (nSPS) is 12.2. The molecule has 25 heavy (non-hydrogen) atoms. The molecule has 1 aromatic carbocycles. The van der Waals surface area contributed by atoms with Crippen LogP contribution in [0.3, 0.4) is 0 Å². The molecule has 0 saturated carbocycles. The molecule has 0 bridgehead atoms. The highest BCUT2D eigenvalue weighted by atomic mass is 35.5. The molecule has 140 valence electrons. The highest BCUT2D eigenvalue weighted by molar-refractivity contribution is 6.55. The Bertz CT molecular complexity index is 568. The lowest BCUT2D eigenvalue weighted by Gasteiger charge is -2.17. The van der Waals surface area contributed by atoms with Gasteiger partial charge in [-0.05, 0) is 25.8 Å². The Balaban J connectivity index is 2.50. The second-order valence-corrected chi connectivity index (χ2v) is 6.79. The fourth-order valence-corrected chi connectivity index (χ4v) is 2.52. The molecule has 0 aliphatic carbocycles. The Labute approximate surface area is 167 Å². The van der Waals surface area contributed by atoms with E-state index < -0.39 is 0 Å². The average Bonchev–Trinajstić information content (AvgIpc) is 2.54. The fourth-order valence-electron chi connectivity index (χ4n) is 1.84. The summed E-state index contributed by atoms with van der Waals surface area (Å²) >= 11 is 23.5. The topological polar surface area (TPSA) is 60.3 Å². The summed E-state index contributed by atoms with van der Waals surface area (Å²) in [5, 5.41) is 11.8. The zero-order valence-electron chi connectivity index (χ0n) is 13.6. The summed E-state index contributed by atoms with van der Waals surface area (Å²) in [6.45, 7) is 2.92. The first kappa shape index (κ1) is 22.2. The standard InChI is InChI=1S/C16H19Cl4NO4/c1-11(3-2-6-23-8-5-21-22)25-16-13(17)9-12(10-14(16)18)24-7-4-15(19)20/h4-5,9-11,22H,2-3,6-8H2,1H3. The van der Waals surface area contributed by atoms with Crippen LogP contribution in [0.5, 0.6) is 11.5 Å². The maximum atomic E-state index is 8.24. The molecule has 0 aromatic heterocycles. The van der Waals surface area contributed by atoms with Crippen LogP contribution in [0.1, 0.15) is 19.8 Å². The molecular weight excluding hydrogens is 412 g/mol. The zero-order valence-corrected chi connectivity index (χ0v) is 16.6. The van der Waals surface area contributed by atoms with Crippen molar-refractivity contribution in [1.82, 2.24) is 0 Å². The maximum absolute atomic E-state index is 8.24. The van der Waals surface area contributed by atoms with Crippen LogP contribution < -0.4 is 9.47 Å². The molecule has 1 unspecified atom stereocenters. The third-order valence-corrected chi connectivity index (χ3v) is 3.82. The minimum atomic E-state index is -0.102. The molecule has 0 spiro atoms. The number of rotatable bonds is 11. The molecule has 0 heterocycles. The lowest BCUT2D eigenvalue weighted by molar-refractivity contribution is 0.144. The Hall–Kier alpha value is -0.850. The largest absolute Gasteiger partial charge is 0.489 e. The van der Waals surface area contributed by atoms with Crippen LogP contribution in [0, 0.1) is 0 Å². The van der Waals surface area contributed by atoms with E-state index in [1.54, 1.807) is 12.1 Å². The van der Waals surface area contributed by atoms with Crippen molar-refractivity contribution in [3.63, 3.8) is 0 Å². The van der Waals surface area contributed by atoms with E-state index in [0.29, 0.717) is 28.2 Å². The van der Waals surface area contributed by atoms with Gasteiger partial charge in [-0.15, -0.1) is 0 Å². The second-order valence-electron chi connectivity index (χ2n) is 4.96. The lowest BCUT2D eigenvalue weighted by atomic mass is 10.2. The van der Waals surface area contributed by atoms with Gasteiger partial charge in [-0.25, -0.2) is 0 Å². The van der Waals surface area contributed by atoms with Gasteiger partial charge >= 0.3 is 0 Å². The molecule has 0 saturated heterocycles. The van der Waals surface area contributed by atoms with Crippen LogP contribution in [0.2, 0.25) is 10.0 Å². The Morgan fingerprint density at radius 1 is 1.24 bits per heavy atom. The highest BCUT2D eigenvalue weighted by Crippen LogP contribution is 2.37. The van der Waals surface area contributed by atoms with Gasteiger partial charge in [-0.1, -0.05) is 51.6 Å². The molecule has 1 rings (SSSR count). The van der Waals surface area contributed by atoms with E-state index >= 15 is 0 Å². The van der Waals surface area contributed by atoms with Gasteiger partial charge in [0.25, 0.3) is 0 Å². The van der Waals surface area contributed by atoms with Crippen molar-refractivity contribution in [2.45, 2.75) is 25.9 Å². The third kappa shape index (κ3) is 9.42. The number of ether oxygens (including phenoxy) is 3. The number of oxime groups is 1. The quantitative estimate of drug-likeness (QED) is 0.211. The van der Waals surface area contributed by atoms with Gasteiger partial charge in [0.15, 0.2) is 5.75 Å². The molecular formula is C16H19Cl4NO4. The summed E-state index contributed by atoms with van der Waals surface area (Å²) in [5.41, 5.74) is 0. The number of benzene rings is 1. The van der Waals surface area contributed by atoms with E-state index in [9.17, 15) is 0 Å². The second kappa shape index (κ2) is 12.5. The van der Waals surface area contributed by atoms with Crippen molar-refractivity contribution >= 4 is 52.6 Å². The van der Waals surface area contributed by atoms with Gasteiger partial charge < -0.3 is 19.4 Å². The first-order valence-electron chi connectivity index (χ1n) is 7.47. The molecule has 5 nitrogen and oxygen atoms in total. The van der Waals surface area contributed by atoms with E-state index in [1.165, 1.54) is 12.3 Å². The molecule has 9 heteroatoms. The lowest BCUT2D eigenvalue weighted by Crippen LogP contribution is -2.13. The van der Waals surface area contributed by atoms with E-state index in [-0.39, 0.29) is 23.8 Å². The minimum absolute atomic E-state index is 0.102. The average molecular weight is 431 g/mol. The molecule has 0 fully saturated rings. The molecule has 1 aromatic rings. The Morgan fingerprint density at radius 3 is 2.52 bits per heavy atom. The molecule has 1 atom stereocenters. The van der Waals surface area contributed by atoms with E-state index in [1.807, 2.05) is 6.92 Å². The number of hydrogen-bond donors (Lipinski definition) is 1. The predicted molar refractivity (Wildman–Crippen MR) is 102 cm³/mol. The summed E-state index contributed by atoms with van der Waals surface area (Å²) in [6, 6.07) is 3.23. The van der Waals surface area contributed by atoms with Crippen molar-refractivity contribution in [3.05, 3.63) is 32.7 Å². The highest BCUT2D eigenvalue weighted by Gasteiger charge is 2.14. The van der Waals surface area contributed by atoms with Crippen LogP contribution in [-0.2, 0) is 4.74 Å². The van der Waals surface area contributed by atoms with Gasteiger partial charge in [0.2, 0.25) is 0 Å². The van der Waals surface area contributed by atoms with Gasteiger partial charge in [-0.2, -0.15) is 0 Å². The van der Waals surface area contributed by atoms with Crippen molar-refractivity contribution in [1.29, 1.82) is 0 Å². The third-order valence-electron chi connectivity index (χ3n) is 2.95. The Kier molecular flexibility index (Phi) is 11.1. The molecule has 0 radical (unpaired) electrons. The smallest absolute Gasteiger partial charge is 0.157 e. The van der Waals surface area contributed by atoms with Crippen molar-refractivity contribution < 1.29 is 19.4 Å². The first-order valence-corrected chi connectivity index (χ1v) is 8.98. The summed E-state index contributed by atoms with van der Waals surface area (Å²) < 4.78 is 16.6. The van der Waals surface area contributed by atoms with Gasteiger partial charge in [0.1, 0.15) is 16.8 Å². The van der Waals surface area contributed by atoms with Crippen LogP contribution in [0.15, 0.2) is 27.9 Å². The van der Waals surface area contributed by atoms with Crippen LogP contribution in [0.4, 0.5) is 0 Å². The zero-order chi connectivity index (χ0) is 18.7. The van der Waals surface area contributed by atoms with Crippen LogP contribution in [0.25, 0.3) is 0 Å². The number of halogens is 4. The van der Waals surface area contributed by atoms with Crippen molar-refractivity contribution in [3.8, 4) is 11.5 Å². The van der Waals surface area contributed by atoms with E-state index in [2.05, 4.69) is 5.16 Å². The van der Waals surface area contributed by atoms with Crippen LogP contribution >= 0.6 is 46.4 Å². The van der Waals surface area contributed by atoms with Crippen molar-refractivity contribution in [2.24, 2.45) is 5.16 Å². The summed E-state index contributed by atoms with van der Waals surface area (Å²) in [4.78, 5) is 0. The van der Waals surface area contributed by atoms with E-state index in [0.717, 1.165) is 12.8 Å². The van der Waals surface area contributed by atoms with E-state index in [4.69, 9.17) is 65.8 Å². The molecule has 0 aliphatic heterocycles. The Morgan fingerprint density at radius 2 is 1.92 bits per heavy atom. The summed E-state index contributed by atoms with van der Waals surface area (Å²) in [7, 11) is 0. The van der Waals surface area contributed by atoms with Crippen LogP contribution in [-0.4, -0.2) is 37.3 Å². The minimum Gasteiger partial charge on any atom is -0.489 e. The first-order chi connectivity index (χ1) is 11.9. The maximum Gasteiger partial charge on any atom is 0.157 e. The van der Waals surface area contributed by atoms with Gasteiger partial charge in [-0.3, -0.25) is 0 Å². The number of hydrogen-bond acceptors (Lipinski definition) is 5. The van der Waals surface area contributed by atoms with Gasteiger partial charge in [0, 0.05) is 18.7 Å². The molecule has 0 amide bonds. The molecule has 1 N–H and O–H groups in total. The van der Waals surface area contributed by atoms with Crippen molar-refractivity contribution in [2.75, 3.05) is 19.8 Å². The molecule has 0 aliphatic rings. The fraction of sp³-hybridized carbons (Fsp3) is 0.438. The SMILES string of the molecule is CC(CCCOCC=NO)Oc1c(Cl)cc(OCC=C(Cl)Cl)cc1Cl. The number of nitrogens with zero attached hydrogens (tertiary/aromatic N) is 1. The summed E-state index contributed by atoms with van der Waals surface area (Å²) in [5.74, 6) is 0.891. The predicted octanol–water partition coefficient (Wildman–Crippen LogP) is 5.72. The van der Waals surface area contributed by atoms with Gasteiger partial charge in [0.05, 0.1) is 29.0 Å².